The van der Waals surface area contributed by atoms with E-state index in [4.69, 9.17) is 9.47 Å². The van der Waals surface area contributed by atoms with Crippen molar-refractivity contribution in [3.8, 4) is 11.5 Å². The van der Waals surface area contributed by atoms with Gasteiger partial charge in [0.05, 0.1) is 14.2 Å². The van der Waals surface area contributed by atoms with Gasteiger partial charge in [-0.25, -0.2) is 0 Å². The number of nitrogens with zero attached hydrogens (tertiary/aromatic N) is 1. The van der Waals surface area contributed by atoms with Crippen molar-refractivity contribution in [1.29, 1.82) is 0 Å². The summed E-state index contributed by atoms with van der Waals surface area (Å²) in [5.41, 5.74) is 3.77. The Balaban J connectivity index is 2.19. The van der Waals surface area contributed by atoms with Gasteiger partial charge in [-0.2, -0.15) is 0 Å². The van der Waals surface area contributed by atoms with Gasteiger partial charge in [-0.15, -0.1) is 6.58 Å². The summed E-state index contributed by atoms with van der Waals surface area (Å²) < 4.78 is 10.9. The van der Waals surface area contributed by atoms with E-state index in [-0.39, 0.29) is 5.91 Å². The van der Waals surface area contributed by atoms with Crippen molar-refractivity contribution in [3.05, 3.63) is 71.3 Å². The lowest BCUT2D eigenvalue weighted by molar-refractivity contribution is 0.0950. The van der Waals surface area contributed by atoms with Crippen LogP contribution < -0.4 is 14.8 Å². The fourth-order valence-corrected chi connectivity index (χ4v) is 3.33. The average Bonchev–Trinajstić information content (AvgIpc) is 2.75. The van der Waals surface area contributed by atoms with Crippen molar-refractivity contribution in [1.82, 2.24) is 10.2 Å². The Labute approximate surface area is 174 Å². The van der Waals surface area contributed by atoms with Crippen LogP contribution in [0.4, 0.5) is 0 Å². The summed E-state index contributed by atoms with van der Waals surface area (Å²) in [7, 11) is 3.16. The first kappa shape index (κ1) is 22.5. The van der Waals surface area contributed by atoms with Crippen LogP contribution in [0.25, 0.3) is 0 Å². The quantitative estimate of drug-likeness (QED) is 0.578. The number of carbonyl (C=O) groups is 1. The van der Waals surface area contributed by atoms with E-state index < -0.39 is 0 Å². The predicted molar refractivity (Wildman–Crippen MR) is 118 cm³/mol. The van der Waals surface area contributed by atoms with Crippen LogP contribution in [-0.4, -0.2) is 38.1 Å². The van der Waals surface area contributed by atoms with Gasteiger partial charge in [0.2, 0.25) is 0 Å². The summed E-state index contributed by atoms with van der Waals surface area (Å²) >= 11 is 0. The van der Waals surface area contributed by atoms with Crippen LogP contribution in [0.15, 0.2) is 49.1 Å². The molecular formula is C24H32N2O3. The van der Waals surface area contributed by atoms with Gasteiger partial charge in [0.15, 0.2) is 11.5 Å². The maximum absolute atomic E-state index is 12.8. The smallest absolute Gasteiger partial charge is 0.251 e. The zero-order chi connectivity index (χ0) is 21.2. The lowest BCUT2D eigenvalue weighted by atomic mass is 10.0. The lowest BCUT2D eigenvalue weighted by Gasteiger charge is -2.20. The van der Waals surface area contributed by atoms with Crippen LogP contribution in [0.1, 0.15) is 40.9 Å². The first-order valence-electron chi connectivity index (χ1n) is 10.0. The largest absolute Gasteiger partial charge is 0.493 e. The molecule has 156 valence electrons. The molecule has 2 rings (SSSR count). The van der Waals surface area contributed by atoms with Gasteiger partial charge in [-0.05, 0) is 42.8 Å². The van der Waals surface area contributed by atoms with Crippen LogP contribution >= 0.6 is 0 Å². The molecule has 0 saturated heterocycles. The Morgan fingerprint density at radius 1 is 1.07 bits per heavy atom. The zero-order valence-corrected chi connectivity index (χ0v) is 18.0. The van der Waals surface area contributed by atoms with Gasteiger partial charge < -0.3 is 14.8 Å². The Kier molecular flexibility index (Phi) is 8.74. The third-order valence-electron chi connectivity index (χ3n) is 5.03. The zero-order valence-electron chi connectivity index (χ0n) is 18.0. The summed E-state index contributed by atoms with van der Waals surface area (Å²) in [6, 6.07) is 11.8. The van der Waals surface area contributed by atoms with E-state index in [0.717, 1.165) is 30.8 Å². The van der Waals surface area contributed by atoms with E-state index in [0.29, 0.717) is 30.0 Å². The van der Waals surface area contributed by atoms with Gasteiger partial charge in [-0.3, -0.25) is 9.69 Å². The molecule has 1 N–H and O–H groups in total. The molecule has 0 atom stereocenters. The van der Waals surface area contributed by atoms with E-state index in [1.54, 1.807) is 26.4 Å². The highest BCUT2D eigenvalue weighted by atomic mass is 16.5. The Bertz CT molecular complexity index is 829. The molecule has 0 unspecified atom stereocenters. The number of allylic oxidation sites excluding steroid dienone is 1. The molecule has 0 aliphatic heterocycles. The molecule has 0 fully saturated rings. The van der Waals surface area contributed by atoms with Crippen molar-refractivity contribution in [3.63, 3.8) is 0 Å². The second kappa shape index (κ2) is 11.3. The highest BCUT2D eigenvalue weighted by molar-refractivity contribution is 5.95. The highest BCUT2D eigenvalue weighted by Crippen LogP contribution is 2.33. The first-order chi connectivity index (χ1) is 14.1. The Morgan fingerprint density at radius 2 is 1.76 bits per heavy atom. The number of carbonyl (C=O) groups excluding carboxylic acids is 1. The van der Waals surface area contributed by atoms with E-state index in [9.17, 15) is 4.79 Å². The summed E-state index contributed by atoms with van der Waals surface area (Å²) in [6.45, 7) is 11.4. The van der Waals surface area contributed by atoms with Crippen molar-refractivity contribution in [2.45, 2.75) is 33.4 Å². The lowest BCUT2D eigenvalue weighted by Crippen LogP contribution is -2.26. The van der Waals surface area contributed by atoms with E-state index in [2.05, 4.69) is 42.8 Å². The second-order valence-electron chi connectivity index (χ2n) is 6.78. The van der Waals surface area contributed by atoms with Crippen LogP contribution in [0.2, 0.25) is 0 Å². The van der Waals surface area contributed by atoms with E-state index in [1.807, 2.05) is 18.2 Å². The molecule has 2 aromatic carbocycles. The van der Waals surface area contributed by atoms with E-state index in [1.165, 1.54) is 5.56 Å². The van der Waals surface area contributed by atoms with Gasteiger partial charge in [0, 0.05) is 24.2 Å². The Morgan fingerprint density at radius 3 is 2.34 bits per heavy atom. The van der Waals surface area contributed by atoms with Crippen molar-refractivity contribution < 1.29 is 14.3 Å². The normalized spacial score (nSPS) is 10.7. The molecule has 0 radical (unpaired) electrons. The molecule has 0 saturated carbocycles. The molecule has 0 aliphatic carbocycles. The number of nitrogens with one attached hydrogen (secondary N) is 1. The maximum atomic E-state index is 12.8. The standard InChI is InChI=1S/C24H32N2O3/c1-6-11-18-14-21(15-22(28-4)23(18)29-5)24(27)25-16-19-12-9-10-13-20(19)17-26(7-2)8-3/h6,9-10,12-15H,1,7-8,11,16-17H2,2-5H3,(H,25,27). The molecule has 0 aromatic heterocycles. The highest BCUT2D eigenvalue weighted by Gasteiger charge is 2.16. The molecule has 5 nitrogen and oxygen atoms in total. The Hall–Kier alpha value is -2.79. The predicted octanol–water partition coefficient (Wildman–Crippen LogP) is 4.20. The van der Waals surface area contributed by atoms with Crippen LogP contribution in [0.5, 0.6) is 11.5 Å². The minimum atomic E-state index is -0.145. The number of hydrogen-bond acceptors (Lipinski definition) is 4. The third-order valence-corrected chi connectivity index (χ3v) is 5.03. The molecule has 0 spiro atoms. The molecule has 29 heavy (non-hydrogen) atoms. The second-order valence-corrected chi connectivity index (χ2v) is 6.78. The average molecular weight is 397 g/mol. The van der Waals surface area contributed by atoms with Crippen molar-refractivity contribution in [2.24, 2.45) is 0 Å². The molecule has 0 bridgehead atoms. The molecule has 0 heterocycles. The van der Waals surface area contributed by atoms with Crippen molar-refractivity contribution in [2.75, 3.05) is 27.3 Å². The molecule has 0 aliphatic rings. The SMILES string of the molecule is C=CCc1cc(C(=O)NCc2ccccc2CN(CC)CC)cc(OC)c1OC. The van der Waals surface area contributed by atoms with E-state index >= 15 is 0 Å². The number of hydrogen-bond donors (Lipinski definition) is 1. The monoisotopic (exact) mass is 396 g/mol. The summed E-state index contributed by atoms with van der Waals surface area (Å²) in [6.07, 6.45) is 2.37. The number of rotatable bonds is 11. The van der Waals surface area contributed by atoms with Crippen LogP contribution in [0.3, 0.4) is 0 Å². The number of methoxy groups -OCH3 is 2. The minimum absolute atomic E-state index is 0.145. The maximum Gasteiger partial charge on any atom is 0.251 e. The number of benzene rings is 2. The van der Waals surface area contributed by atoms with Gasteiger partial charge >= 0.3 is 0 Å². The fraction of sp³-hybridized carbons (Fsp3) is 0.375. The summed E-state index contributed by atoms with van der Waals surface area (Å²) in [5, 5.41) is 3.04. The minimum Gasteiger partial charge on any atom is -0.493 e. The van der Waals surface area contributed by atoms with Crippen LogP contribution in [0, 0.1) is 0 Å². The van der Waals surface area contributed by atoms with Crippen LogP contribution in [-0.2, 0) is 19.5 Å². The fourth-order valence-electron chi connectivity index (χ4n) is 3.33. The van der Waals surface area contributed by atoms with Gasteiger partial charge in [-0.1, -0.05) is 44.2 Å². The molecular weight excluding hydrogens is 364 g/mol. The van der Waals surface area contributed by atoms with Gasteiger partial charge in [0.25, 0.3) is 5.91 Å². The summed E-state index contributed by atoms with van der Waals surface area (Å²) in [4.78, 5) is 15.2. The third kappa shape index (κ3) is 5.84. The number of ether oxygens (including phenoxy) is 2. The first-order valence-corrected chi connectivity index (χ1v) is 10.0. The molecule has 1 amide bonds. The number of amides is 1. The topological polar surface area (TPSA) is 50.8 Å². The summed E-state index contributed by atoms with van der Waals surface area (Å²) in [5.74, 6) is 1.03. The van der Waals surface area contributed by atoms with Crippen molar-refractivity contribution >= 4 is 5.91 Å². The molecule has 5 heteroatoms. The van der Waals surface area contributed by atoms with Gasteiger partial charge in [0.1, 0.15) is 0 Å². The molecule has 2 aromatic rings.